The quantitative estimate of drug-likeness (QED) is 0.844. The van der Waals surface area contributed by atoms with E-state index in [2.05, 4.69) is 14.7 Å². The van der Waals surface area contributed by atoms with Crippen LogP contribution in [0.3, 0.4) is 0 Å². The van der Waals surface area contributed by atoms with Gasteiger partial charge in [-0.1, -0.05) is 18.3 Å². The minimum absolute atomic E-state index is 0.0691. The Balaban J connectivity index is 1.80. The molecule has 0 aliphatic carbocycles. The van der Waals surface area contributed by atoms with Crippen molar-refractivity contribution in [2.75, 3.05) is 13.2 Å². The first-order valence-corrected chi connectivity index (χ1v) is 8.25. The molecule has 0 saturated heterocycles. The van der Waals surface area contributed by atoms with Gasteiger partial charge in [-0.15, -0.1) is 5.10 Å². The van der Waals surface area contributed by atoms with Crippen LogP contribution in [0.1, 0.15) is 52.6 Å². The lowest BCUT2D eigenvalue weighted by Crippen LogP contribution is -2.38. The first kappa shape index (κ1) is 16.0. The molecule has 2 aromatic rings. The van der Waals surface area contributed by atoms with Crippen LogP contribution in [0.25, 0.3) is 0 Å². The molecule has 1 aliphatic heterocycles. The number of fused-ring (bicyclic) bond motifs is 1. The smallest absolute Gasteiger partial charge is 0.267 e. The largest absolute Gasteiger partial charge is 0.393 e. The minimum Gasteiger partial charge on any atom is -0.393 e. The lowest BCUT2D eigenvalue weighted by atomic mass is 10.1. The van der Waals surface area contributed by atoms with Gasteiger partial charge in [-0.25, -0.2) is 0 Å². The molecule has 23 heavy (non-hydrogen) atoms. The summed E-state index contributed by atoms with van der Waals surface area (Å²) in [5, 5.41) is 27.0. The highest BCUT2D eigenvalue weighted by molar-refractivity contribution is 7.08. The fraction of sp³-hybridized carbons (Fsp3) is 0.571. The molecule has 1 amide bonds. The Morgan fingerprint density at radius 2 is 2.22 bits per heavy atom. The second-order valence-corrected chi connectivity index (χ2v) is 6.60. The number of amides is 1. The maximum Gasteiger partial charge on any atom is 0.267 e. The molecule has 0 bridgehead atoms. The van der Waals surface area contributed by atoms with Gasteiger partial charge in [0.2, 0.25) is 0 Å². The minimum atomic E-state index is -0.990. The molecule has 0 radical (unpaired) electrons. The highest BCUT2D eigenvalue weighted by Gasteiger charge is 2.28. The van der Waals surface area contributed by atoms with E-state index < -0.39 is 6.10 Å². The Labute approximate surface area is 137 Å². The van der Waals surface area contributed by atoms with Gasteiger partial charge >= 0.3 is 0 Å². The maximum atomic E-state index is 12.7. The van der Waals surface area contributed by atoms with Crippen molar-refractivity contribution >= 4 is 17.4 Å². The van der Waals surface area contributed by atoms with Crippen molar-refractivity contribution in [3.05, 3.63) is 28.0 Å². The summed E-state index contributed by atoms with van der Waals surface area (Å²) in [7, 11) is 0. The molecule has 124 valence electrons. The Bertz CT molecular complexity index is 711. The molecule has 0 saturated carbocycles. The van der Waals surface area contributed by atoms with Crippen LogP contribution in [0.15, 0.2) is 6.07 Å². The van der Waals surface area contributed by atoms with E-state index in [9.17, 15) is 9.90 Å². The molecule has 3 heterocycles. The fourth-order valence-electron chi connectivity index (χ4n) is 2.59. The summed E-state index contributed by atoms with van der Waals surface area (Å²) in [6, 6.07) is 1.73. The van der Waals surface area contributed by atoms with Gasteiger partial charge in [-0.2, -0.15) is 5.10 Å². The van der Waals surface area contributed by atoms with Crippen LogP contribution in [0.5, 0.6) is 0 Å². The Morgan fingerprint density at radius 3 is 2.91 bits per heavy atom. The monoisotopic (exact) mass is 337 g/mol. The van der Waals surface area contributed by atoms with E-state index in [-0.39, 0.29) is 18.4 Å². The molecule has 1 atom stereocenters. The highest BCUT2D eigenvalue weighted by atomic mass is 32.1. The second kappa shape index (κ2) is 6.34. The predicted molar refractivity (Wildman–Crippen MR) is 83.0 cm³/mol. The summed E-state index contributed by atoms with van der Waals surface area (Å²) in [5.41, 5.74) is 2.00. The number of carbonyl (C=O) groups excluding carboxylic acids is 1. The van der Waals surface area contributed by atoms with Gasteiger partial charge in [-0.3, -0.25) is 9.48 Å². The van der Waals surface area contributed by atoms with Crippen molar-refractivity contribution in [1.82, 2.24) is 24.3 Å². The molecule has 1 unspecified atom stereocenters. The van der Waals surface area contributed by atoms with Gasteiger partial charge in [0.15, 0.2) is 0 Å². The lowest BCUT2D eigenvalue weighted by Gasteiger charge is -2.27. The van der Waals surface area contributed by atoms with Crippen LogP contribution in [0.4, 0.5) is 0 Å². The van der Waals surface area contributed by atoms with E-state index in [0.29, 0.717) is 30.2 Å². The van der Waals surface area contributed by atoms with Gasteiger partial charge in [0, 0.05) is 6.54 Å². The number of carbonyl (C=O) groups is 1. The molecular weight excluding hydrogens is 318 g/mol. The van der Waals surface area contributed by atoms with Crippen LogP contribution in [0.2, 0.25) is 0 Å². The van der Waals surface area contributed by atoms with Crippen LogP contribution in [-0.4, -0.2) is 53.5 Å². The molecule has 0 fully saturated rings. The second-order valence-electron chi connectivity index (χ2n) is 5.85. The van der Waals surface area contributed by atoms with Crippen LogP contribution < -0.4 is 0 Å². The van der Waals surface area contributed by atoms with Crippen molar-refractivity contribution in [2.45, 2.75) is 39.0 Å². The molecule has 9 heteroatoms. The molecule has 2 aromatic heterocycles. The number of rotatable bonds is 4. The number of hydrogen-bond donors (Lipinski definition) is 2. The first-order chi connectivity index (χ1) is 11.0. The van der Waals surface area contributed by atoms with Crippen molar-refractivity contribution < 1.29 is 15.0 Å². The summed E-state index contributed by atoms with van der Waals surface area (Å²) in [5.74, 6) is 0.0785. The zero-order valence-electron chi connectivity index (χ0n) is 13.0. The summed E-state index contributed by atoms with van der Waals surface area (Å²) < 4.78 is 5.68. The highest BCUT2D eigenvalue weighted by Crippen LogP contribution is 2.24. The van der Waals surface area contributed by atoms with Crippen LogP contribution in [0, 0.1) is 0 Å². The lowest BCUT2D eigenvalue weighted by molar-refractivity contribution is 0.0708. The zero-order valence-corrected chi connectivity index (χ0v) is 13.8. The molecule has 1 aliphatic rings. The number of hydrogen-bond acceptors (Lipinski definition) is 7. The average Bonchev–Trinajstić information content (AvgIpc) is 3.19. The number of aliphatic hydroxyl groups is 2. The van der Waals surface area contributed by atoms with Crippen LogP contribution >= 0.6 is 11.5 Å². The topological polar surface area (TPSA) is 104 Å². The van der Waals surface area contributed by atoms with Gasteiger partial charge in [0.1, 0.15) is 11.0 Å². The van der Waals surface area contributed by atoms with E-state index in [1.165, 1.54) is 0 Å². The Morgan fingerprint density at radius 1 is 1.43 bits per heavy atom. The summed E-state index contributed by atoms with van der Waals surface area (Å²) >= 11 is 1.13. The van der Waals surface area contributed by atoms with Crippen molar-refractivity contribution in [2.24, 2.45) is 0 Å². The van der Waals surface area contributed by atoms with Gasteiger partial charge < -0.3 is 15.1 Å². The predicted octanol–water partition coefficient (Wildman–Crippen LogP) is 0.540. The number of aliphatic hydroxyl groups excluding tert-OH is 2. The molecule has 8 nitrogen and oxygen atoms in total. The fourth-order valence-corrected chi connectivity index (χ4v) is 3.37. The molecular formula is C14H19N5O3S. The number of nitrogens with zero attached hydrogens (tertiary/aromatic N) is 5. The molecule has 3 rings (SSSR count). The normalized spacial score (nSPS) is 15.8. The van der Waals surface area contributed by atoms with Crippen LogP contribution in [-0.2, 0) is 13.1 Å². The van der Waals surface area contributed by atoms with E-state index in [0.717, 1.165) is 22.9 Å². The van der Waals surface area contributed by atoms with Crippen molar-refractivity contribution in [3.8, 4) is 0 Å². The number of aromatic nitrogens is 4. The standard InChI is InChI=1S/C14H19N5O3S/c1-8(2)12-13(23-17-15-12)14(22)18-3-4-19-9(6-18)5-10(16-19)11(21)7-20/h5,8,11,20-21H,3-4,6-7H2,1-2H3. The average molecular weight is 337 g/mol. The van der Waals surface area contributed by atoms with Gasteiger partial charge in [0.25, 0.3) is 5.91 Å². The summed E-state index contributed by atoms with van der Waals surface area (Å²) in [6.45, 7) is 5.12. The van der Waals surface area contributed by atoms with E-state index in [4.69, 9.17) is 5.11 Å². The molecule has 0 spiro atoms. The Hall–Kier alpha value is -1.84. The molecule has 2 N–H and O–H groups in total. The first-order valence-electron chi connectivity index (χ1n) is 7.48. The maximum absolute atomic E-state index is 12.7. The Kier molecular flexibility index (Phi) is 4.42. The van der Waals surface area contributed by atoms with Crippen molar-refractivity contribution in [3.63, 3.8) is 0 Å². The SMILES string of the molecule is CC(C)c1nnsc1C(=O)N1CCn2nc(C(O)CO)cc2C1. The van der Waals surface area contributed by atoms with E-state index >= 15 is 0 Å². The summed E-state index contributed by atoms with van der Waals surface area (Å²) in [6.07, 6.45) is -0.990. The summed E-state index contributed by atoms with van der Waals surface area (Å²) in [4.78, 5) is 15.1. The third kappa shape index (κ3) is 2.99. The van der Waals surface area contributed by atoms with Gasteiger partial charge in [-0.05, 0) is 23.5 Å². The van der Waals surface area contributed by atoms with E-state index in [1.54, 1.807) is 15.6 Å². The van der Waals surface area contributed by atoms with Crippen molar-refractivity contribution in [1.29, 1.82) is 0 Å². The van der Waals surface area contributed by atoms with E-state index in [1.807, 2.05) is 13.8 Å². The van der Waals surface area contributed by atoms with Gasteiger partial charge in [0.05, 0.1) is 36.8 Å². The zero-order chi connectivity index (χ0) is 16.6. The molecule has 0 aromatic carbocycles. The third-order valence-electron chi connectivity index (χ3n) is 3.87. The third-order valence-corrected chi connectivity index (χ3v) is 4.60.